The number of aromatic nitrogens is 2. The molecule has 0 saturated carbocycles. The Hall–Kier alpha value is -1.62. The van der Waals surface area contributed by atoms with Crippen molar-refractivity contribution in [3.05, 3.63) is 47.0 Å². The van der Waals surface area contributed by atoms with Crippen molar-refractivity contribution in [3.8, 4) is 5.75 Å². The van der Waals surface area contributed by atoms with E-state index in [9.17, 15) is 0 Å². The molecule has 4 nitrogen and oxygen atoms in total. The van der Waals surface area contributed by atoms with Gasteiger partial charge in [0.05, 0.1) is 23.8 Å². The van der Waals surface area contributed by atoms with Gasteiger partial charge >= 0.3 is 0 Å². The number of halogens is 1. The van der Waals surface area contributed by atoms with E-state index in [1.54, 1.807) is 19.6 Å². The van der Waals surface area contributed by atoms with Gasteiger partial charge in [0, 0.05) is 11.9 Å². The molecule has 5 heteroatoms. The summed E-state index contributed by atoms with van der Waals surface area (Å²) >= 11 is 3.44. The number of ether oxygens (including phenoxy) is 1. The zero-order valence-electron chi connectivity index (χ0n) is 9.35. The first-order valence-corrected chi connectivity index (χ1v) is 5.91. The lowest BCUT2D eigenvalue weighted by Crippen LogP contribution is -2.01. The molecule has 0 atom stereocenters. The highest BCUT2D eigenvalue weighted by atomic mass is 79.9. The Bertz CT molecular complexity index is 490. The molecule has 0 aliphatic carbocycles. The zero-order chi connectivity index (χ0) is 12.1. The summed E-state index contributed by atoms with van der Waals surface area (Å²) in [5.41, 5.74) is 1.96. The van der Waals surface area contributed by atoms with Crippen LogP contribution in [0.4, 0.5) is 5.69 Å². The van der Waals surface area contributed by atoms with Gasteiger partial charge in [-0.1, -0.05) is 0 Å². The third-order valence-electron chi connectivity index (χ3n) is 2.27. The molecule has 0 bridgehead atoms. The number of hydrogen-bond acceptors (Lipinski definition) is 4. The lowest BCUT2D eigenvalue weighted by molar-refractivity contribution is 0.412. The van der Waals surface area contributed by atoms with E-state index in [4.69, 9.17) is 4.74 Å². The van der Waals surface area contributed by atoms with Crippen molar-refractivity contribution in [2.24, 2.45) is 0 Å². The molecule has 1 aromatic heterocycles. The van der Waals surface area contributed by atoms with Crippen LogP contribution in [0.25, 0.3) is 0 Å². The van der Waals surface area contributed by atoms with Crippen LogP contribution in [0.2, 0.25) is 0 Å². The van der Waals surface area contributed by atoms with Crippen molar-refractivity contribution in [1.82, 2.24) is 9.97 Å². The molecule has 0 aliphatic rings. The number of nitrogens with one attached hydrogen (secondary N) is 1. The van der Waals surface area contributed by atoms with Crippen LogP contribution in [0.5, 0.6) is 5.75 Å². The van der Waals surface area contributed by atoms with E-state index in [0.29, 0.717) is 6.54 Å². The van der Waals surface area contributed by atoms with Gasteiger partial charge in [0.25, 0.3) is 0 Å². The maximum absolute atomic E-state index is 5.17. The first kappa shape index (κ1) is 11.9. The average Bonchev–Trinajstić information content (AvgIpc) is 2.38. The summed E-state index contributed by atoms with van der Waals surface area (Å²) in [6, 6.07) is 7.72. The number of nitrogens with zero attached hydrogens (tertiary/aromatic N) is 2. The Balaban J connectivity index is 2.02. The van der Waals surface area contributed by atoms with Crippen LogP contribution < -0.4 is 10.1 Å². The first-order valence-electron chi connectivity index (χ1n) is 5.12. The van der Waals surface area contributed by atoms with Gasteiger partial charge in [0.15, 0.2) is 0 Å². The maximum atomic E-state index is 5.17. The summed E-state index contributed by atoms with van der Waals surface area (Å²) in [6.45, 7) is 0.668. The predicted molar refractivity (Wildman–Crippen MR) is 70.1 cm³/mol. The zero-order valence-corrected chi connectivity index (χ0v) is 10.9. The van der Waals surface area contributed by atoms with Crippen LogP contribution in [0, 0.1) is 0 Å². The summed E-state index contributed by atoms with van der Waals surface area (Å²) in [5, 5.41) is 3.28. The van der Waals surface area contributed by atoms with E-state index in [2.05, 4.69) is 31.2 Å². The van der Waals surface area contributed by atoms with Crippen molar-refractivity contribution in [3.63, 3.8) is 0 Å². The van der Waals surface area contributed by atoms with E-state index in [1.165, 1.54) is 0 Å². The van der Waals surface area contributed by atoms with Crippen molar-refractivity contribution >= 4 is 21.6 Å². The van der Waals surface area contributed by atoms with Crippen molar-refractivity contribution < 1.29 is 4.74 Å². The molecule has 17 heavy (non-hydrogen) atoms. The van der Waals surface area contributed by atoms with Gasteiger partial charge < -0.3 is 10.1 Å². The molecule has 2 aromatic rings. The normalized spacial score (nSPS) is 10.0. The van der Waals surface area contributed by atoms with Crippen molar-refractivity contribution in [2.75, 3.05) is 12.4 Å². The minimum atomic E-state index is 0.668. The second-order valence-corrected chi connectivity index (χ2v) is 4.26. The lowest BCUT2D eigenvalue weighted by Gasteiger charge is -2.08. The van der Waals surface area contributed by atoms with E-state index < -0.39 is 0 Å². The van der Waals surface area contributed by atoms with E-state index >= 15 is 0 Å². The standard InChI is InChI=1S/C12H12BrN3O/c1-17-12-3-2-9(6-11(12)13)15-7-10-4-5-14-8-16-10/h2-6,8,15H,7H2,1H3. The molecule has 0 unspecified atom stereocenters. The quantitative estimate of drug-likeness (QED) is 0.942. The number of rotatable bonds is 4. The Morgan fingerprint density at radius 3 is 2.88 bits per heavy atom. The third kappa shape index (κ3) is 3.17. The second-order valence-electron chi connectivity index (χ2n) is 3.40. The molecular formula is C12H12BrN3O. The minimum absolute atomic E-state index is 0.668. The Kier molecular flexibility index (Phi) is 3.93. The maximum Gasteiger partial charge on any atom is 0.133 e. The SMILES string of the molecule is COc1ccc(NCc2ccncn2)cc1Br. The van der Waals surface area contributed by atoms with Crippen LogP contribution in [0.1, 0.15) is 5.69 Å². The first-order chi connectivity index (χ1) is 8.29. The summed E-state index contributed by atoms with van der Waals surface area (Å²) in [4.78, 5) is 8.01. The summed E-state index contributed by atoms with van der Waals surface area (Å²) in [7, 11) is 1.65. The van der Waals surface area contributed by atoms with Crippen LogP contribution in [-0.2, 0) is 6.54 Å². The summed E-state index contributed by atoms with van der Waals surface area (Å²) in [5.74, 6) is 0.817. The predicted octanol–water partition coefficient (Wildman–Crippen LogP) is 2.86. The van der Waals surface area contributed by atoms with Crippen LogP contribution in [0.15, 0.2) is 41.3 Å². The van der Waals surface area contributed by atoms with Gasteiger partial charge in [-0.15, -0.1) is 0 Å². The smallest absolute Gasteiger partial charge is 0.133 e. The van der Waals surface area contributed by atoms with E-state index in [1.807, 2.05) is 24.3 Å². The molecule has 2 rings (SSSR count). The highest BCUT2D eigenvalue weighted by Gasteiger charge is 2.01. The molecule has 0 fully saturated rings. The fraction of sp³-hybridized carbons (Fsp3) is 0.167. The number of benzene rings is 1. The van der Waals surface area contributed by atoms with Crippen LogP contribution in [0.3, 0.4) is 0 Å². The van der Waals surface area contributed by atoms with E-state index in [0.717, 1.165) is 21.6 Å². The molecule has 1 heterocycles. The van der Waals surface area contributed by atoms with Crippen molar-refractivity contribution in [1.29, 1.82) is 0 Å². The fourth-order valence-electron chi connectivity index (χ4n) is 1.39. The molecule has 0 spiro atoms. The Labute approximate surface area is 108 Å². The average molecular weight is 294 g/mol. The second kappa shape index (κ2) is 5.63. The third-order valence-corrected chi connectivity index (χ3v) is 2.89. The highest BCUT2D eigenvalue weighted by Crippen LogP contribution is 2.27. The highest BCUT2D eigenvalue weighted by molar-refractivity contribution is 9.10. The molecule has 1 aromatic carbocycles. The molecule has 0 radical (unpaired) electrons. The van der Waals surface area contributed by atoms with Gasteiger partial charge in [0.1, 0.15) is 12.1 Å². The monoisotopic (exact) mass is 293 g/mol. The van der Waals surface area contributed by atoms with E-state index in [-0.39, 0.29) is 0 Å². The van der Waals surface area contributed by atoms with Gasteiger partial charge in [-0.2, -0.15) is 0 Å². The minimum Gasteiger partial charge on any atom is -0.496 e. The van der Waals surface area contributed by atoms with Gasteiger partial charge in [-0.25, -0.2) is 9.97 Å². The number of hydrogen-bond donors (Lipinski definition) is 1. The fourth-order valence-corrected chi connectivity index (χ4v) is 1.93. The molecule has 0 aliphatic heterocycles. The summed E-state index contributed by atoms with van der Waals surface area (Å²) < 4.78 is 6.09. The summed E-state index contributed by atoms with van der Waals surface area (Å²) in [6.07, 6.45) is 3.27. The molecule has 88 valence electrons. The topological polar surface area (TPSA) is 47.0 Å². The van der Waals surface area contributed by atoms with Gasteiger partial charge in [0.2, 0.25) is 0 Å². The number of methoxy groups -OCH3 is 1. The molecule has 1 N–H and O–H groups in total. The Morgan fingerprint density at radius 1 is 1.35 bits per heavy atom. The molecule has 0 amide bonds. The molecule has 0 saturated heterocycles. The number of anilines is 1. The van der Waals surface area contributed by atoms with Gasteiger partial charge in [-0.05, 0) is 40.2 Å². The molecular weight excluding hydrogens is 282 g/mol. The van der Waals surface area contributed by atoms with Gasteiger partial charge in [-0.3, -0.25) is 0 Å². The van der Waals surface area contributed by atoms with Crippen LogP contribution >= 0.6 is 15.9 Å². The largest absolute Gasteiger partial charge is 0.496 e. The van der Waals surface area contributed by atoms with Crippen molar-refractivity contribution in [2.45, 2.75) is 6.54 Å². The van der Waals surface area contributed by atoms with Crippen LogP contribution in [-0.4, -0.2) is 17.1 Å². The Morgan fingerprint density at radius 2 is 2.24 bits per heavy atom. The lowest BCUT2D eigenvalue weighted by atomic mass is 10.3.